The van der Waals surface area contributed by atoms with Crippen LogP contribution in [0.4, 0.5) is 4.39 Å². The van der Waals surface area contributed by atoms with Crippen molar-refractivity contribution in [2.75, 3.05) is 6.67 Å². The molecule has 0 aromatic heterocycles. The first-order valence-corrected chi connectivity index (χ1v) is 6.02. The smallest absolute Gasteiger partial charge is 0.238 e. The standard InChI is InChI=1S/C10H14FNO2S/c1-10(2,7-11)8-5-3-4-6-9(8)15(12,13)14/h3-6H,7H2,1-2H3,(H2,12,13,14). The lowest BCUT2D eigenvalue weighted by atomic mass is 9.86. The molecule has 0 aliphatic heterocycles. The highest BCUT2D eigenvalue weighted by molar-refractivity contribution is 7.89. The maximum absolute atomic E-state index is 12.8. The van der Waals surface area contributed by atoms with Crippen molar-refractivity contribution in [1.29, 1.82) is 0 Å². The van der Waals surface area contributed by atoms with Crippen LogP contribution < -0.4 is 5.14 Å². The van der Waals surface area contributed by atoms with Crippen molar-refractivity contribution in [3.8, 4) is 0 Å². The Bertz CT molecular complexity index is 454. The molecule has 5 heteroatoms. The number of rotatable bonds is 3. The summed E-state index contributed by atoms with van der Waals surface area (Å²) in [6.07, 6.45) is 0. The van der Waals surface area contributed by atoms with Gasteiger partial charge in [-0.1, -0.05) is 32.0 Å². The molecule has 0 atom stereocenters. The van der Waals surface area contributed by atoms with Crippen LogP contribution >= 0.6 is 0 Å². The average Bonchev–Trinajstić information content (AvgIpc) is 2.16. The normalized spacial score (nSPS) is 12.8. The zero-order chi connectivity index (χ0) is 11.7. The van der Waals surface area contributed by atoms with E-state index in [1.54, 1.807) is 32.0 Å². The molecular formula is C10H14FNO2S. The second-order valence-electron chi connectivity index (χ2n) is 4.06. The number of hydrogen-bond donors (Lipinski definition) is 1. The lowest BCUT2D eigenvalue weighted by molar-refractivity contribution is 0.346. The van der Waals surface area contributed by atoms with Gasteiger partial charge < -0.3 is 0 Å². The van der Waals surface area contributed by atoms with E-state index in [0.29, 0.717) is 5.56 Å². The maximum atomic E-state index is 12.8. The maximum Gasteiger partial charge on any atom is 0.238 e. The van der Waals surface area contributed by atoms with Gasteiger partial charge in [0, 0.05) is 5.41 Å². The van der Waals surface area contributed by atoms with Crippen molar-refractivity contribution in [3.63, 3.8) is 0 Å². The Morgan fingerprint density at radius 1 is 1.33 bits per heavy atom. The van der Waals surface area contributed by atoms with Crippen molar-refractivity contribution in [3.05, 3.63) is 29.8 Å². The molecule has 3 nitrogen and oxygen atoms in total. The molecule has 0 heterocycles. The van der Waals surface area contributed by atoms with Crippen LogP contribution in [0.15, 0.2) is 29.2 Å². The fourth-order valence-corrected chi connectivity index (χ4v) is 2.26. The van der Waals surface area contributed by atoms with E-state index in [2.05, 4.69) is 0 Å². The van der Waals surface area contributed by atoms with Gasteiger partial charge in [-0.25, -0.2) is 13.6 Å². The van der Waals surface area contributed by atoms with Gasteiger partial charge >= 0.3 is 0 Å². The Morgan fingerprint density at radius 2 is 1.87 bits per heavy atom. The van der Waals surface area contributed by atoms with Crippen molar-refractivity contribution >= 4 is 10.0 Å². The Morgan fingerprint density at radius 3 is 2.33 bits per heavy atom. The molecule has 0 spiro atoms. The zero-order valence-corrected chi connectivity index (χ0v) is 9.51. The van der Waals surface area contributed by atoms with Crippen LogP contribution in [-0.4, -0.2) is 15.1 Å². The summed E-state index contributed by atoms with van der Waals surface area (Å²) < 4.78 is 35.3. The highest BCUT2D eigenvalue weighted by Crippen LogP contribution is 2.28. The third-order valence-corrected chi connectivity index (χ3v) is 3.23. The number of primary sulfonamides is 1. The molecule has 0 saturated carbocycles. The van der Waals surface area contributed by atoms with Gasteiger partial charge in [0.25, 0.3) is 0 Å². The summed E-state index contributed by atoms with van der Waals surface area (Å²) >= 11 is 0. The van der Waals surface area contributed by atoms with Crippen LogP contribution in [0.2, 0.25) is 0 Å². The van der Waals surface area contributed by atoms with Crippen molar-refractivity contribution in [2.45, 2.75) is 24.2 Å². The third kappa shape index (κ3) is 2.54. The highest BCUT2D eigenvalue weighted by atomic mass is 32.2. The van der Waals surface area contributed by atoms with Gasteiger partial charge in [-0.2, -0.15) is 0 Å². The summed E-state index contributed by atoms with van der Waals surface area (Å²) in [6.45, 7) is 2.63. The van der Waals surface area contributed by atoms with Crippen molar-refractivity contribution < 1.29 is 12.8 Å². The van der Waals surface area contributed by atoms with Gasteiger partial charge in [-0.3, -0.25) is 4.39 Å². The van der Waals surface area contributed by atoms with E-state index >= 15 is 0 Å². The Kier molecular flexibility index (Phi) is 3.16. The summed E-state index contributed by atoms with van der Waals surface area (Å²) in [5.41, 5.74) is -0.432. The number of alkyl halides is 1. The minimum atomic E-state index is -3.79. The van der Waals surface area contributed by atoms with Crippen LogP contribution in [-0.2, 0) is 15.4 Å². The van der Waals surface area contributed by atoms with E-state index < -0.39 is 22.1 Å². The van der Waals surface area contributed by atoms with E-state index in [4.69, 9.17) is 5.14 Å². The Hall–Kier alpha value is -0.940. The van der Waals surface area contributed by atoms with E-state index in [-0.39, 0.29) is 4.90 Å². The molecule has 84 valence electrons. The van der Waals surface area contributed by atoms with Crippen LogP contribution in [0.1, 0.15) is 19.4 Å². The molecule has 0 radical (unpaired) electrons. The molecule has 1 aromatic rings. The molecule has 0 aliphatic carbocycles. The molecule has 2 N–H and O–H groups in total. The molecule has 0 fully saturated rings. The van der Waals surface area contributed by atoms with Gasteiger partial charge in [-0.15, -0.1) is 0 Å². The van der Waals surface area contributed by atoms with E-state index in [1.165, 1.54) is 6.07 Å². The Balaban J connectivity index is 3.44. The topological polar surface area (TPSA) is 60.2 Å². The largest absolute Gasteiger partial charge is 0.250 e. The van der Waals surface area contributed by atoms with E-state index in [1.807, 2.05) is 0 Å². The second-order valence-corrected chi connectivity index (χ2v) is 5.59. The molecule has 1 aromatic carbocycles. The van der Waals surface area contributed by atoms with Gasteiger partial charge in [-0.05, 0) is 11.6 Å². The lowest BCUT2D eigenvalue weighted by Crippen LogP contribution is -2.25. The fourth-order valence-electron chi connectivity index (χ4n) is 1.35. The summed E-state index contributed by atoms with van der Waals surface area (Å²) in [5.74, 6) is 0. The molecule has 0 aliphatic rings. The monoisotopic (exact) mass is 231 g/mol. The van der Waals surface area contributed by atoms with Crippen LogP contribution in [0.5, 0.6) is 0 Å². The molecule has 1 rings (SSSR count). The SMILES string of the molecule is CC(C)(CF)c1ccccc1S(N)(=O)=O. The minimum absolute atomic E-state index is 0.00681. The summed E-state index contributed by atoms with van der Waals surface area (Å²) in [5, 5.41) is 5.06. The average molecular weight is 231 g/mol. The summed E-state index contributed by atoms with van der Waals surface area (Å²) in [7, 11) is -3.79. The summed E-state index contributed by atoms with van der Waals surface area (Å²) in [4.78, 5) is -0.00681. The van der Waals surface area contributed by atoms with E-state index in [9.17, 15) is 12.8 Å². The van der Waals surface area contributed by atoms with Crippen LogP contribution in [0.25, 0.3) is 0 Å². The molecule has 0 amide bonds. The predicted octanol–water partition coefficient (Wildman–Crippen LogP) is 1.58. The number of benzene rings is 1. The van der Waals surface area contributed by atoms with Crippen LogP contribution in [0.3, 0.4) is 0 Å². The number of nitrogens with two attached hydrogens (primary N) is 1. The molecule has 0 saturated heterocycles. The quantitative estimate of drug-likeness (QED) is 0.858. The number of halogens is 1. The predicted molar refractivity (Wildman–Crippen MR) is 56.8 cm³/mol. The molecular weight excluding hydrogens is 217 g/mol. The van der Waals surface area contributed by atoms with Crippen molar-refractivity contribution in [1.82, 2.24) is 0 Å². The van der Waals surface area contributed by atoms with Gasteiger partial charge in [0.2, 0.25) is 10.0 Å². The van der Waals surface area contributed by atoms with E-state index in [0.717, 1.165) is 0 Å². The minimum Gasteiger partial charge on any atom is -0.250 e. The second kappa shape index (κ2) is 3.90. The van der Waals surface area contributed by atoms with Crippen molar-refractivity contribution in [2.24, 2.45) is 5.14 Å². The van der Waals surface area contributed by atoms with Gasteiger partial charge in [0.05, 0.1) is 11.6 Å². The molecule has 15 heavy (non-hydrogen) atoms. The molecule has 0 bridgehead atoms. The third-order valence-electron chi connectivity index (χ3n) is 2.26. The van der Waals surface area contributed by atoms with Gasteiger partial charge in [0.15, 0.2) is 0 Å². The summed E-state index contributed by atoms with van der Waals surface area (Å²) in [6, 6.07) is 6.21. The van der Waals surface area contributed by atoms with Gasteiger partial charge in [0.1, 0.15) is 0 Å². The Labute approximate surface area is 89.2 Å². The fraction of sp³-hybridized carbons (Fsp3) is 0.400. The first-order valence-electron chi connectivity index (χ1n) is 4.47. The highest BCUT2D eigenvalue weighted by Gasteiger charge is 2.26. The number of sulfonamides is 1. The first kappa shape index (κ1) is 12.1. The van der Waals surface area contributed by atoms with Crippen LogP contribution in [0, 0.1) is 0 Å². The lowest BCUT2D eigenvalue weighted by Gasteiger charge is -2.23. The first-order chi connectivity index (χ1) is 6.79. The molecule has 0 unspecified atom stereocenters. The number of hydrogen-bond acceptors (Lipinski definition) is 2. The zero-order valence-electron chi connectivity index (χ0n) is 8.70.